The summed E-state index contributed by atoms with van der Waals surface area (Å²) < 4.78 is 21.5. The molecule has 0 spiro atoms. The van der Waals surface area contributed by atoms with Crippen LogP contribution in [-0.2, 0) is 11.4 Å². The summed E-state index contributed by atoms with van der Waals surface area (Å²) in [6, 6.07) is 17.6. The fraction of sp³-hybridized carbons (Fsp3) is 0.192. The third-order valence-corrected chi connectivity index (χ3v) is 5.19. The van der Waals surface area contributed by atoms with Crippen molar-refractivity contribution in [2.75, 3.05) is 27.9 Å². The van der Waals surface area contributed by atoms with E-state index >= 15 is 0 Å². The number of hydrogen-bond donors (Lipinski definition) is 2. The molecule has 36 heavy (non-hydrogen) atoms. The van der Waals surface area contributed by atoms with Crippen molar-refractivity contribution in [1.82, 2.24) is 10.7 Å². The zero-order valence-corrected chi connectivity index (χ0v) is 20.8. The lowest BCUT2D eigenvalue weighted by Gasteiger charge is -2.14. The molecule has 2 amide bonds. The highest BCUT2D eigenvalue weighted by atomic mass is 35.5. The van der Waals surface area contributed by atoms with Gasteiger partial charge in [-0.25, -0.2) is 5.43 Å². The second-order valence-corrected chi connectivity index (χ2v) is 7.81. The maximum atomic E-state index is 12.5. The summed E-state index contributed by atoms with van der Waals surface area (Å²) in [4.78, 5) is 24.5. The number of carbonyl (C=O) groups is 2. The Bertz CT molecular complexity index is 1190. The van der Waals surface area contributed by atoms with E-state index in [1.807, 2.05) is 24.3 Å². The van der Waals surface area contributed by atoms with Gasteiger partial charge in [0.15, 0.2) is 11.5 Å². The molecule has 0 aromatic heterocycles. The topological polar surface area (TPSA) is 107 Å². The van der Waals surface area contributed by atoms with Crippen LogP contribution in [0.15, 0.2) is 65.8 Å². The van der Waals surface area contributed by atoms with E-state index in [4.69, 9.17) is 30.5 Å². The Morgan fingerprint density at radius 1 is 0.917 bits per heavy atom. The first-order valence-electron chi connectivity index (χ1n) is 10.8. The van der Waals surface area contributed by atoms with Crippen LogP contribution in [0.25, 0.3) is 0 Å². The van der Waals surface area contributed by atoms with E-state index in [2.05, 4.69) is 15.8 Å². The summed E-state index contributed by atoms with van der Waals surface area (Å²) in [5.41, 5.74) is 4.39. The zero-order chi connectivity index (χ0) is 25.9. The number of ether oxygens (including phenoxy) is 4. The van der Waals surface area contributed by atoms with E-state index in [-0.39, 0.29) is 12.1 Å². The number of benzene rings is 3. The molecule has 2 N–H and O–H groups in total. The van der Waals surface area contributed by atoms with Crippen molar-refractivity contribution >= 4 is 29.6 Å². The maximum Gasteiger partial charge on any atom is 0.259 e. The van der Waals surface area contributed by atoms with Crippen molar-refractivity contribution in [2.45, 2.75) is 6.61 Å². The van der Waals surface area contributed by atoms with Gasteiger partial charge in [0, 0.05) is 10.6 Å². The molecule has 0 aliphatic rings. The molecular weight excluding hydrogens is 486 g/mol. The molecule has 0 radical (unpaired) electrons. The van der Waals surface area contributed by atoms with Gasteiger partial charge in [-0.05, 0) is 59.7 Å². The van der Waals surface area contributed by atoms with Crippen LogP contribution in [0.4, 0.5) is 0 Å². The smallest absolute Gasteiger partial charge is 0.259 e. The monoisotopic (exact) mass is 511 g/mol. The first-order chi connectivity index (χ1) is 17.4. The molecular formula is C26H26ClN3O6. The summed E-state index contributed by atoms with van der Waals surface area (Å²) in [5.74, 6) is 0.748. The van der Waals surface area contributed by atoms with Gasteiger partial charge in [0.1, 0.15) is 12.4 Å². The maximum absolute atomic E-state index is 12.5. The molecule has 0 bridgehead atoms. The fourth-order valence-electron chi connectivity index (χ4n) is 3.09. The van der Waals surface area contributed by atoms with E-state index in [9.17, 15) is 9.59 Å². The van der Waals surface area contributed by atoms with Crippen molar-refractivity contribution in [3.8, 4) is 23.0 Å². The van der Waals surface area contributed by atoms with Gasteiger partial charge in [0.2, 0.25) is 5.75 Å². The number of nitrogens with zero attached hydrogens (tertiary/aromatic N) is 1. The van der Waals surface area contributed by atoms with Gasteiger partial charge in [-0.3, -0.25) is 9.59 Å². The minimum atomic E-state index is -0.491. The van der Waals surface area contributed by atoms with Gasteiger partial charge in [0.25, 0.3) is 11.8 Å². The summed E-state index contributed by atoms with van der Waals surface area (Å²) >= 11 is 5.88. The predicted octanol–water partition coefficient (Wildman–Crippen LogP) is 3.82. The summed E-state index contributed by atoms with van der Waals surface area (Å²) in [7, 11) is 4.37. The van der Waals surface area contributed by atoms with Crippen molar-refractivity contribution in [3.63, 3.8) is 0 Å². The molecule has 0 aliphatic carbocycles. The van der Waals surface area contributed by atoms with Gasteiger partial charge in [0.05, 0.1) is 34.1 Å². The number of halogens is 1. The van der Waals surface area contributed by atoms with Crippen LogP contribution in [0.2, 0.25) is 5.02 Å². The molecule has 188 valence electrons. The molecule has 0 atom stereocenters. The lowest BCUT2D eigenvalue weighted by atomic mass is 10.1. The SMILES string of the molecule is COc1cc(C(=O)NCC(=O)N/N=C\c2ccc(OCc3ccc(Cl)cc3)cc2)cc(OC)c1OC. The molecule has 0 heterocycles. The first kappa shape index (κ1) is 26.4. The quantitative estimate of drug-likeness (QED) is 0.299. The van der Waals surface area contributed by atoms with E-state index in [0.717, 1.165) is 11.1 Å². The molecule has 0 aliphatic heterocycles. The largest absolute Gasteiger partial charge is 0.493 e. The van der Waals surface area contributed by atoms with Crippen LogP contribution in [0, 0.1) is 0 Å². The van der Waals surface area contributed by atoms with Crippen LogP contribution in [0.1, 0.15) is 21.5 Å². The van der Waals surface area contributed by atoms with Gasteiger partial charge < -0.3 is 24.3 Å². The molecule has 3 rings (SSSR count). The van der Waals surface area contributed by atoms with Crippen molar-refractivity contribution in [1.29, 1.82) is 0 Å². The molecule has 3 aromatic carbocycles. The third-order valence-electron chi connectivity index (χ3n) is 4.94. The fourth-order valence-corrected chi connectivity index (χ4v) is 3.22. The highest BCUT2D eigenvalue weighted by Gasteiger charge is 2.17. The van der Waals surface area contributed by atoms with Crippen molar-refractivity contribution in [2.24, 2.45) is 5.10 Å². The third kappa shape index (κ3) is 7.38. The highest BCUT2D eigenvalue weighted by molar-refractivity contribution is 6.30. The van der Waals surface area contributed by atoms with Crippen LogP contribution in [-0.4, -0.2) is 45.9 Å². The van der Waals surface area contributed by atoms with Gasteiger partial charge >= 0.3 is 0 Å². The molecule has 10 heteroatoms. The molecule has 0 fully saturated rings. The molecule has 0 saturated carbocycles. The number of hydrazone groups is 1. The Hall–Kier alpha value is -4.24. The number of hydrogen-bond acceptors (Lipinski definition) is 7. The van der Waals surface area contributed by atoms with Gasteiger partial charge in [-0.15, -0.1) is 0 Å². The van der Waals surface area contributed by atoms with Gasteiger partial charge in [-0.2, -0.15) is 5.10 Å². The average molecular weight is 512 g/mol. The first-order valence-corrected chi connectivity index (χ1v) is 11.2. The van der Waals surface area contributed by atoms with E-state index in [1.54, 1.807) is 24.3 Å². The van der Waals surface area contributed by atoms with E-state index in [1.165, 1.54) is 39.7 Å². The van der Waals surface area contributed by atoms with Crippen LogP contribution in [0.5, 0.6) is 23.0 Å². The van der Waals surface area contributed by atoms with Crippen molar-refractivity contribution < 1.29 is 28.5 Å². The van der Waals surface area contributed by atoms with E-state index in [0.29, 0.717) is 34.6 Å². The Balaban J connectivity index is 1.46. The lowest BCUT2D eigenvalue weighted by molar-refractivity contribution is -0.120. The number of carbonyl (C=O) groups excluding carboxylic acids is 2. The standard InChI is InChI=1S/C26H26ClN3O6/c1-33-22-12-19(13-23(34-2)25(22)35-3)26(32)28-15-24(31)30-29-14-17-6-10-21(11-7-17)36-16-18-4-8-20(27)9-5-18/h4-14H,15-16H2,1-3H3,(H,28,32)(H,30,31)/b29-14-. The zero-order valence-electron chi connectivity index (χ0n) is 20.0. The Labute approximate surface area is 214 Å². The van der Waals surface area contributed by atoms with Crippen LogP contribution >= 0.6 is 11.6 Å². The normalized spacial score (nSPS) is 10.6. The highest BCUT2D eigenvalue weighted by Crippen LogP contribution is 2.38. The number of amides is 2. The number of nitrogens with one attached hydrogen (secondary N) is 2. The summed E-state index contributed by atoms with van der Waals surface area (Å²) in [6.45, 7) is 0.146. The van der Waals surface area contributed by atoms with E-state index < -0.39 is 11.8 Å². The second kappa shape index (κ2) is 13.0. The predicted molar refractivity (Wildman–Crippen MR) is 136 cm³/mol. The number of methoxy groups -OCH3 is 3. The Morgan fingerprint density at radius 3 is 2.14 bits per heavy atom. The second-order valence-electron chi connectivity index (χ2n) is 7.37. The molecule has 0 saturated heterocycles. The summed E-state index contributed by atoms with van der Waals surface area (Å²) in [5, 5.41) is 7.12. The van der Waals surface area contributed by atoms with Gasteiger partial charge in [-0.1, -0.05) is 23.7 Å². The summed E-state index contributed by atoms with van der Waals surface area (Å²) in [6.07, 6.45) is 1.49. The van der Waals surface area contributed by atoms with Crippen LogP contribution < -0.4 is 29.7 Å². The Morgan fingerprint density at radius 2 is 1.56 bits per heavy atom. The van der Waals surface area contributed by atoms with Crippen molar-refractivity contribution in [3.05, 3.63) is 82.4 Å². The average Bonchev–Trinajstić information content (AvgIpc) is 2.91. The molecule has 9 nitrogen and oxygen atoms in total. The number of rotatable bonds is 11. The lowest BCUT2D eigenvalue weighted by Crippen LogP contribution is -2.34. The van der Waals surface area contributed by atoms with Crippen LogP contribution in [0.3, 0.4) is 0 Å². The minimum Gasteiger partial charge on any atom is -0.493 e. The molecule has 3 aromatic rings. The Kier molecular flexibility index (Phi) is 9.53. The minimum absolute atomic E-state index is 0.249. The molecule has 0 unspecified atom stereocenters.